The molecule has 0 aliphatic heterocycles. The minimum Gasteiger partial charge on any atom is -0.287 e. The molecule has 0 atom stereocenters. The topological polar surface area (TPSA) is 42.9 Å². The Morgan fingerprint density at radius 3 is 2.56 bits per heavy atom. The van der Waals surface area contributed by atoms with Crippen LogP contribution in [0.1, 0.15) is 21.6 Å². The Kier molecular flexibility index (Phi) is 3.33. The molecule has 0 saturated carbocycles. The molecule has 0 fully saturated rings. The number of allylic oxidation sites excluding steroid dienone is 1. The van der Waals surface area contributed by atoms with Gasteiger partial charge in [-0.3, -0.25) is 9.78 Å². The summed E-state index contributed by atoms with van der Waals surface area (Å²) in [5.74, 6) is -0.213. The zero-order chi connectivity index (χ0) is 13.1. The average Bonchev–Trinajstić information content (AvgIpc) is 2.38. The van der Waals surface area contributed by atoms with Crippen LogP contribution in [0.3, 0.4) is 0 Å². The zero-order valence-electron chi connectivity index (χ0n) is 10.5. The van der Waals surface area contributed by atoms with E-state index >= 15 is 0 Å². The van der Waals surface area contributed by atoms with E-state index in [9.17, 15) is 4.79 Å². The van der Waals surface area contributed by atoms with E-state index in [1.165, 1.54) is 17.8 Å². The lowest BCUT2D eigenvalue weighted by Crippen LogP contribution is -1.99. The highest BCUT2D eigenvalue weighted by atomic mass is 16.1. The van der Waals surface area contributed by atoms with Crippen molar-refractivity contribution in [3.63, 3.8) is 0 Å². The summed E-state index contributed by atoms with van der Waals surface area (Å²) in [5, 5.41) is 0. The molecule has 2 aromatic rings. The fraction of sp³-hybridized carbons (Fsp3) is 0.133. The molecule has 0 bridgehead atoms. The summed E-state index contributed by atoms with van der Waals surface area (Å²) in [4.78, 5) is 19.7. The van der Waals surface area contributed by atoms with Crippen LogP contribution in [0.5, 0.6) is 0 Å². The fourth-order valence-corrected chi connectivity index (χ4v) is 1.80. The maximum Gasteiger partial charge on any atom is 0.205 e. The molecule has 0 unspecified atom stereocenters. The summed E-state index contributed by atoms with van der Waals surface area (Å²) in [5.41, 5.74) is 4.48. The van der Waals surface area contributed by atoms with E-state index < -0.39 is 0 Å². The first-order chi connectivity index (χ1) is 8.61. The van der Waals surface area contributed by atoms with Crippen molar-refractivity contribution in [1.82, 2.24) is 9.97 Å². The molecule has 2 rings (SSSR count). The second-order valence-electron chi connectivity index (χ2n) is 4.17. The van der Waals surface area contributed by atoms with Crippen LogP contribution in [0.15, 0.2) is 43.2 Å². The van der Waals surface area contributed by atoms with Crippen LogP contribution in [0.4, 0.5) is 0 Å². The smallest absolute Gasteiger partial charge is 0.205 e. The number of rotatable bonds is 3. The van der Waals surface area contributed by atoms with Gasteiger partial charge in [-0.05, 0) is 25.5 Å². The van der Waals surface area contributed by atoms with Gasteiger partial charge in [-0.2, -0.15) is 0 Å². The maximum absolute atomic E-state index is 11.4. The Hall–Kier alpha value is -2.29. The first kappa shape index (κ1) is 12.2. The van der Waals surface area contributed by atoms with Gasteiger partial charge in [0.15, 0.2) is 0 Å². The summed E-state index contributed by atoms with van der Waals surface area (Å²) in [6.45, 7) is 7.51. The third kappa shape index (κ3) is 2.35. The monoisotopic (exact) mass is 238 g/mol. The molecule has 18 heavy (non-hydrogen) atoms. The second-order valence-corrected chi connectivity index (χ2v) is 4.17. The zero-order valence-corrected chi connectivity index (χ0v) is 10.5. The molecule has 1 aromatic heterocycles. The van der Waals surface area contributed by atoms with E-state index in [2.05, 4.69) is 22.6 Å². The van der Waals surface area contributed by atoms with Crippen molar-refractivity contribution < 1.29 is 4.79 Å². The van der Waals surface area contributed by atoms with Gasteiger partial charge in [0.1, 0.15) is 5.69 Å². The summed E-state index contributed by atoms with van der Waals surface area (Å²) in [7, 11) is 0. The minimum atomic E-state index is -0.213. The molecule has 90 valence electrons. The molecule has 0 amide bonds. The van der Waals surface area contributed by atoms with Crippen molar-refractivity contribution >= 4 is 5.78 Å². The summed E-state index contributed by atoms with van der Waals surface area (Å²) < 4.78 is 0. The molecule has 0 spiro atoms. The van der Waals surface area contributed by atoms with Crippen LogP contribution in [-0.4, -0.2) is 15.8 Å². The van der Waals surface area contributed by atoms with Crippen molar-refractivity contribution in [2.24, 2.45) is 0 Å². The first-order valence-electron chi connectivity index (χ1n) is 5.68. The van der Waals surface area contributed by atoms with Gasteiger partial charge < -0.3 is 0 Å². The molecule has 1 aromatic carbocycles. The van der Waals surface area contributed by atoms with Crippen LogP contribution < -0.4 is 0 Å². The Bertz CT molecular complexity index is 600. The van der Waals surface area contributed by atoms with Crippen LogP contribution in [-0.2, 0) is 0 Å². The van der Waals surface area contributed by atoms with Crippen LogP contribution in [0.2, 0.25) is 0 Å². The highest BCUT2D eigenvalue weighted by molar-refractivity contribution is 6.02. The minimum absolute atomic E-state index is 0.213. The van der Waals surface area contributed by atoms with Gasteiger partial charge in [0.05, 0.1) is 18.1 Å². The number of hydrogen-bond acceptors (Lipinski definition) is 3. The lowest BCUT2D eigenvalue weighted by molar-refractivity contribution is 0.104. The molecule has 0 radical (unpaired) electrons. The standard InChI is InChI=1S/C15H14N2O/c1-4-15(18)14-9-16-13(8-17-14)12-6-5-10(2)7-11(12)3/h4-9H,1H2,2-3H3. The number of aryl methyl sites for hydroxylation is 2. The molecule has 0 aliphatic carbocycles. The summed E-state index contributed by atoms with van der Waals surface area (Å²) >= 11 is 0. The SMILES string of the molecule is C=CC(=O)c1cnc(-c2ccc(C)cc2C)cn1. The molecule has 0 saturated heterocycles. The van der Waals surface area contributed by atoms with E-state index in [0.29, 0.717) is 5.69 Å². The van der Waals surface area contributed by atoms with E-state index in [0.717, 1.165) is 16.8 Å². The normalized spacial score (nSPS) is 10.1. The number of ketones is 1. The van der Waals surface area contributed by atoms with Gasteiger partial charge in [-0.15, -0.1) is 0 Å². The molecule has 1 heterocycles. The Morgan fingerprint density at radius 2 is 2.00 bits per heavy atom. The van der Waals surface area contributed by atoms with Gasteiger partial charge in [0.2, 0.25) is 5.78 Å². The highest BCUT2D eigenvalue weighted by Gasteiger charge is 2.07. The number of carbonyl (C=O) groups excluding carboxylic acids is 1. The molecular weight excluding hydrogens is 224 g/mol. The Morgan fingerprint density at radius 1 is 1.22 bits per heavy atom. The van der Waals surface area contributed by atoms with Crippen LogP contribution in [0.25, 0.3) is 11.3 Å². The lowest BCUT2D eigenvalue weighted by atomic mass is 10.0. The lowest BCUT2D eigenvalue weighted by Gasteiger charge is -2.06. The van der Waals surface area contributed by atoms with Gasteiger partial charge in [0, 0.05) is 5.56 Å². The first-order valence-corrected chi connectivity index (χ1v) is 5.68. The van der Waals surface area contributed by atoms with Crippen LogP contribution >= 0.6 is 0 Å². The highest BCUT2D eigenvalue weighted by Crippen LogP contribution is 2.21. The molecule has 3 nitrogen and oxygen atoms in total. The fourth-order valence-electron chi connectivity index (χ4n) is 1.80. The molecule has 0 aliphatic rings. The van der Waals surface area contributed by atoms with Crippen molar-refractivity contribution in [2.75, 3.05) is 0 Å². The number of aromatic nitrogens is 2. The predicted octanol–water partition coefficient (Wildman–Crippen LogP) is 3.13. The predicted molar refractivity (Wildman–Crippen MR) is 71.5 cm³/mol. The molecule has 0 N–H and O–H groups in total. The quantitative estimate of drug-likeness (QED) is 0.609. The second kappa shape index (κ2) is 4.92. The van der Waals surface area contributed by atoms with Gasteiger partial charge in [-0.1, -0.05) is 30.3 Å². The van der Waals surface area contributed by atoms with Crippen molar-refractivity contribution in [1.29, 1.82) is 0 Å². The van der Waals surface area contributed by atoms with Gasteiger partial charge in [-0.25, -0.2) is 4.98 Å². The largest absolute Gasteiger partial charge is 0.287 e. The maximum atomic E-state index is 11.4. The third-order valence-electron chi connectivity index (χ3n) is 2.75. The van der Waals surface area contributed by atoms with Gasteiger partial charge in [0.25, 0.3) is 0 Å². The summed E-state index contributed by atoms with van der Waals surface area (Å²) in [6.07, 6.45) is 4.34. The van der Waals surface area contributed by atoms with E-state index in [1.54, 1.807) is 6.20 Å². The Balaban J connectivity index is 2.40. The van der Waals surface area contributed by atoms with E-state index in [-0.39, 0.29) is 5.78 Å². The van der Waals surface area contributed by atoms with Crippen molar-refractivity contribution in [3.8, 4) is 11.3 Å². The third-order valence-corrected chi connectivity index (χ3v) is 2.75. The van der Waals surface area contributed by atoms with E-state index in [1.807, 2.05) is 26.0 Å². The van der Waals surface area contributed by atoms with Crippen molar-refractivity contribution in [2.45, 2.75) is 13.8 Å². The van der Waals surface area contributed by atoms with Crippen LogP contribution in [0, 0.1) is 13.8 Å². The number of nitrogens with zero attached hydrogens (tertiary/aromatic N) is 2. The summed E-state index contributed by atoms with van der Waals surface area (Å²) in [6, 6.07) is 6.15. The average molecular weight is 238 g/mol. The number of benzene rings is 1. The Labute approximate surface area is 106 Å². The van der Waals surface area contributed by atoms with Crippen molar-refractivity contribution in [3.05, 3.63) is 60.1 Å². The molecular formula is C15H14N2O. The number of hydrogen-bond donors (Lipinski definition) is 0. The molecule has 3 heteroatoms. The van der Waals surface area contributed by atoms with Gasteiger partial charge >= 0.3 is 0 Å². The number of carbonyl (C=O) groups is 1. The van der Waals surface area contributed by atoms with E-state index in [4.69, 9.17) is 0 Å².